The topological polar surface area (TPSA) is 76.2 Å². The first-order valence-electron chi connectivity index (χ1n) is 12.2. The molecule has 3 aliphatic heterocycles. The number of carbonyl (C=O) groups excluding carboxylic acids is 1. The Bertz CT molecular complexity index is 1060. The van der Waals surface area contributed by atoms with E-state index in [9.17, 15) is 15.2 Å². The van der Waals surface area contributed by atoms with Crippen molar-refractivity contribution in [2.24, 2.45) is 11.8 Å². The second-order valence-corrected chi connectivity index (χ2v) is 10.1. The average Bonchev–Trinajstić information content (AvgIpc) is 3.21. The Labute approximate surface area is 188 Å². The summed E-state index contributed by atoms with van der Waals surface area (Å²) in [7, 11) is 0. The van der Waals surface area contributed by atoms with Crippen LogP contribution in [-0.2, 0) is 11.3 Å². The molecule has 2 bridgehead atoms. The lowest BCUT2D eigenvalue weighted by Gasteiger charge is -2.54. The minimum atomic E-state index is -0.935. The van der Waals surface area contributed by atoms with Crippen LogP contribution in [0.5, 0.6) is 0 Å². The molecule has 3 fully saturated rings. The Balaban J connectivity index is 1.27. The van der Waals surface area contributed by atoms with Gasteiger partial charge in [-0.05, 0) is 62.6 Å². The lowest BCUT2D eigenvalue weighted by molar-refractivity contribution is -0.990. The van der Waals surface area contributed by atoms with Crippen LogP contribution in [0.25, 0.3) is 10.9 Å². The van der Waals surface area contributed by atoms with E-state index in [4.69, 9.17) is 0 Å². The van der Waals surface area contributed by atoms with E-state index in [1.807, 2.05) is 22.9 Å². The monoisotopic (exact) mass is 436 g/mol. The van der Waals surface area contributed by atoms with Crippen LogP contribution >= 0.6 is 0 Å². The van der Waals surface area contributed by atoms with Crippen molar-refractivity contribution in [2.75, 3.05) is 19.6 Å². The van der Waals surface area contributed by atoms with E-state index in [0.717, 1.165) is 31.4 Å². The van der Waals surface area contributed by atoms with Crippen LogP contribution in [0.2, 0.25) is 0 Å². The fourth-order valence-corrected chi connectivity index (χ4v) is 7.04. The van der Waals surface area contributed by atoms with Crippen molar-refractivity contribution in [3.05, 3.63) is 47.3 Å². The Hall–Kier alpha value is -2.19. The molecule has 4 heterocycles. The van der Waals surface area contributed by atoms with Gasteiger partial charge in [0.1, 0.15) is 6.54 Å². The van der Waals surface area contributed by atoms with Gasteiger partial charge in [0.15, 0.2) is 5.69 Å². The lowest BCUT2D eigenvalue weighted by atomic mass is 9.68. The summed E-state index contributed by atoms with van der Waals surface area (Å²) in [5.41, 5.74) is 2.60. The van der Waals surface area contributed by atoms with Crippen molar-refractivity contribution < 1.29 is 15.2 Å². The molecule has 0 saturated carbocycles. The summed E-state index contributed by atoms with van der Waals surface area (Å²) >= 11 is 0. The maximum absolute atomic E-state index is 13.6. The fourth-order valence-electron chi connectivity index (χ4n) is 7.04. The number of likely N-dealkylation sites (tertiary alicyclic amines) is 1. The summed E-state index contributed by atoms with van der Waals surface area (Å²) in [4.78, 5) is 18.4. The number of nitrogens with one attached hydrogen (secondary N) is 1. The number of fused-ring (bicyclic) bond motifs is 7. The normalized spacial score (nSPS) is 31.1. The first kappa shape index (κ1) is 20.4. The molecule has 3 unspecified atom stereocenters. The minimum Gasteiger partial charge on any atom is -0.595 e. The molecule has 7 nitrogen and oxygen atoms in total. The van der Waals surface area contributed by atoms with Gasteiger partial charge in [0.25, 0.3) is 0 Å². The van der Waals surface area contributed by atoms with Gasteiger partial charge in [0.2, 0.25) is 5.91 Å². The van der Waals surface area contributed by atoms with Crippen LogP contribution in [0, 0.1) is 17.0 Å². The van der Waals surface area contributed by atoms with Crippen LogP contribution in [0.15, 0.2) is 42.1 Å². The first-order valence-corrected chi connectivity index (χ1v) is 12.2. The van der Waals surface area contributed by atoms with Crippen LogP contribution in [-0.4, -0.2) is 57.2 Å². The molecule has 32 heavy (non-hydrogen) atoms. The molecule has 6 rings (SSSR count). The third-order valence-electron chi connectivity index (χ3n) is 8.33. The van der Waals surface area contributed by atoms with E-state index in [1.165, 1.54) is 37.8 Å². The van der Waals surface area contributed by atoms with Crippen molar-refractivity contribution in [3.8, 4) is 0 Å². The Morgan fingerprint density at radius 2 is 2.09 bits per heavy atom. The number of benzene rings is 1. The number of rotatable bonds is 3. The van der Waals surface area contributed by atoms with Crippen molar-refractivity contribution in [1.82, 2.24) is 14.4 Å². The van der Waals surface area contributed by atoms with E-state index in [0.29, 0.717) is 23.3 Å². The zero-order valence-electron chi connectivity index (χ0n) is 18.4. The first-order chi connectivity index (χ1) is 15.6. The predicted molar refractivity (Wildman–Crippen MR) is 121 cm³/mol. The zero-order valence-corrected chi connectivity index (χ0v) is 18.4. The smallest absolute Gasteiger partial charge is 0.243 e. The molecule has 170 valence electrons. The number of carbonyl (C=O) groups is 1. The maximum atomic E-state index is 13.6. The van der Waals surface area contributed by atoms with Gasteiger partial charge in [0.05, 0.1) is 16.9 Å². The molecule has 0 radical (unpaired) electrons. The summed E-state index contributed by atoms with van der Waals surface area (Å²) in [6.07, 6.45) is 11.8. The second kappa shape index (κ2) is 7.99. The fraction of sp³-hybridized carbons (Fsp3) is 0.560. The quantitative estimate of drug-likeness (QED) is 0.573. The van der Waals surface area contributed by atoms with Crippen LogP contribution < -0.4 is 5.23 Å². The largest absolute Gasteiger partial charge is 0.595 e. The van der Waals surface area contributed by atoms with Gasteiger partial charge < -0.3 is 14.7 Å². The van der Waals surface area contributed by atoms with Crippen LogP contribution in [0.1, 0.15) is 38.5 Å². The molecule has 3 saturated heterocycles. The molecular weight excluding hydrogens is 404 g/mol. The maximum Gasteiger partial charge on any atom is 0.243 e. The minimum absolute atomic E-state index is 0.151. The van der Waals surface area contributed by atoms with Gasteiger partial charge in [-0.3, -0.25) is 9.69 Å². The molecule has 4 aliphatic rings. The zero-order chi connectivity index (χ0) is 21.8. The Kier molecular flexibility index (Phi) is 5.10. The van der Waals surface area contributed by atoms with Gasteiger partial charge in [-0.25, -0.2) is 5.21 Å². The molecule has 2 N–H and O–H groups in total. The Morgan fingerprint density at radius 1 is 1.19 bits per heavy atom. The summed E-state index contributed by atoms with van der Waals surface area (Å²) in [5, 5.41) is 20.8. The number of piperidine rings is 3. The predicted octanol–water partition coefficient (Wildman–Crippen LogP) is 2.47. The average molecular weight is 437 g/mol. The second-order valence-electron chi connectivity index (χ2n) is 10.1. The highest BCUT2D eigenvalue weighted by Gasteiger charge is 2.46. The van der Waals surface area contributed by atoms with E-state index in [1.54, 1.807) is 12.1 Å². The van der Waals surface area contributed by atoms with Gasteiger partial charge in [-0.2, -0.15) is 5.23 Å². The highest BCUT2D eigenvalue weighted by molar-refractivity contribution is 5.90. The number of amides is 1. The molecule has 1 aromatic carbocycles. The van der Waals surface area contributed by atoms with Gasteiger partial charge in [-0.1, -0.05) is 24.1 Å². The summed E-state index contributed by atoms with van der Waals surface area (Å²) < 4.78 is 1.91. The highest BCUT2D eigenvalue weighted by Crippen LogP contribution is 2.45. The lowest BCUT2D eigenvalue weighted by Crippen LogP contribution is -2.99. The molecule has 7 heteroatoms. The van der Waals surface area contributed by atoms with Crippen LogP contribution in [0.4, 0.5) is 5.69 Å². The standard InChI is InChI=1S/C25H32N4O3/c30-24(16-27-12-9-20-22(27)7-3-8-23(20)29(31)32)28-11-4-5-17-13-18-14-19(25(17)28)15-26-10-2-1-6-21(18)26/h3,7-9,12-13,18-19,21,25,29,31H,1-2,4-6,10-11,14-16H2/t18-,19-,21?,25?/m0/s1. The molecule has 1 aliphatic carbocycles. The van der Waals surface area contributed by atoms with Gasteiger partial charge in [-0.15, -0.1) is 0 Å². The number of hydrogen-bond donors (Lipinski definition) is 2. The summed E-state index contributed by atoms with van der Waals surface area (Å²) in [6, 6.07) is 8.05. The van der Waals surface area contributed by atoms with E-state index >= 15 is 0 Å². The van der Waals surface area contributed by atoms with Crippen molar-refractivity contribution in [1.29, 1.82) is 0 Å². The molecule has 2 aromatic rings. The van der Waals surface area contributed by atoms with E-state index in [2.05, 4.69) is 15.9 Å². The van der Waals surface area contributed by atoms with E-state index < -0.39 is 5.23 Å². The van der Waals surface area contributed by atoms with Gasteiger partial charge >= 0.3 is 0 Å². The highest BCUT2D eigenvalue weighted by atomic mass is 16.8. The number of aromatic nitrogens is 1. The van der Waals surface area contributed by atoms with Gasteiger partial charge in [0, 0.05) is 31.4 Å². The number of quaternary nitrogens is 1. The number of hydrogen-bond acceptors (Lipinski definition) is 4. The molecule has 0 spiro atoms. The molecule has 1 aromatic heterocycles. The van der Waals surface area contributed by atoms with Crippen molar-refractivity contribution >= 4 is 22.5 Å². The third kappa shape index (κ3) is 3.30. The van der Waals surface area contributed by atoms with Crippen LogP contribution in [0.3, 0.4) is 0 Å². The SMILES string of the molecule is O=C(Cn1ccc2c([NH+]([O-])O)cccc21)N1CCCC2=C[C@H]3C[C@@H](CN4CCCCC34)C21. The molecular formula is C25H32N4O3. The summed E-state index contributed by atoms with van der Waals surface area (Å²) in [6.45, 7) is 3.42. The molecule has 5 atom stereocenters. The Morgan fingerprint density at radius 3 is 2.97 bits per heavy atom. The van der Waals surface area contributed by atoms with E-state index in [-0.39, 0.29) is 24.2 Å². The molecule has 1 amide bonds. The van der Waals surface area contributed by atoms with Crippen molar-refractivity contribution in [2.45, 2.75) is 57.2 Å². The third-order valence-corrected chi connectivity index (χ3v) is 8.33. The number of nitrogens with zero attached hydrogens (tertiary/aromatic N) is 3. The van der Waals surface area contributed by atoms with Crippen molar-refractivity contribution in [3.63, 3.8) is 0 Å². The summed E-state index contributed by atoms with van der Waals surface area (Å²) in [5.74, 6) is 1.36.